The van der Waals surface area contributed by atoms with E-state index in [1.165, 1.54) is 0 Å². The number of pyridine rings is 1. The minimum Gasteiger partial charge on any atom is -0.263 e. The first kappa shape index (κ1) is 12.9. The van der Waals surface area contributed by atoms with Gasteiger partial charge in [0, 0.05) is 0 Å². The van der Waals surface area contributed by atoms with E-state index in [4.69, 9.17) is 11.6 Å². The number of aromatic nitrogens is 1. The second-order valence-electron chi connectivity index (χ2n) is 3.72. The lowest BCUT2D eigenvalue weighted by Crippen LogP contribution is -2.15. The smallest absolute Gasteiger partial charge is 0.263 e. The van der Waals surface area contributed by atoms with Crippen LogP contribution in [0, 0.1) is 6.92 Å². The molecule has 0 spiro atoms. The molecule has 0 saturated carbocycles. The molecule has 1 aromatic carbocycles. The van der Waals surface area contributed by atoms with Gasteiger partial charge in [0.05, 0.1) is 4.90 Å². The fraction of sp³-hybridized carbons (Fsp3) is 0.0833. The van der Waals surface area contributed by atoms with Crippen LogP contribution >= 0.6 is 11.6 Å². The van der Waals surface area contributed by atoms with E-state index in [1.54, 1.807) is 49.4 Å². The molecular formula is C12H11ClN2O2S. The standard InChI is InChI=1S/C12H11ClN2O2S/c1-9-5-2-3-6-10(9)18(16,17)15-12-8-4-7-11(13)14-12/h2-8H,1H3,(H,14,15). The summed E-state index contributed by atoms with van der Waals surface area (Å²) in [5.74, 6) is 0.200. The number of hydrogen-bond donors (Lipinski definition) is 1. The second kappa shape index (κ2) is 4.96. The number of nitrogens with one attached hydrogen (secondary N) is 1. The Hall–Kier alpha value is -1.59. The molecule has 94 valence electrons. The minimum atomic E-state index is -3.63. The average molecular weight is 283 g/mol. The minimum absolute atomic E-state index is 0.200. The first-order valence-electron chi connectivity index (χ1n) is 5.20. The van der Waals surface area contributed by atoms with Crippen LogP contribution in [0.4, 0.5) is 5.82 Å². The van der Waals surface area contributed by atoms with E-state index in [9.17, 15) is 8.42 Å². The van der Waals surface area contributed by atoms with Crippen LogP contribution in [0.15, 0.2) is 47.4 Å². The molecule has 4 nitrogen and oxygen atoms in total. The summed E-state index contributed by atoms with van der Waals surface area (Å²) in [6.45, 7) is 1.74. The summed E-state index contributed by atoms with van der Waals surface area (Å²) in [5.41, 5.74) is 0.673. The van der Waals surface area contributed by atoms with Crippen LogP contribution in [0.2, 0.25) is 5.15 Å². The zero-order valence-electron chi connectivity index (χ0n) is 9.59. The molecule has 0 bridgehead atoms. The van der Waals surface area contributed by atoms with Crippen LogP contribution in [0.3, 0.4) is 0 Å². The van der Waals surface area contributed by atoms with Crippen molar-refractivity contribution in [1.82, 2.24) is 4.98 Å². The number of anilines is 1. The van der Waals surface area contributed by atoms with Crippen molar-refractivity contribution in [3.05, 3.63) is 53.2 Å². The van der Waals surface area contributed by atoms with E-state index in [1.807, 2.05) is 0 Å². The number of hydrogen-bond acceptors (Lipinski definition) is 3. The lowest BCUT2D eigenvalue weighted by atomic mass is 10.2. The molecule has 1 heterocycles. The Labute approximate surface area is 111 Å². The highest BCUT2D eigenvalue weighted by Crippen LogP contribution is 2.18. The van der Waals surface area contributed by atoms with E-state index < -0.39 is 10.0 Å². The van der Waals surface area contributed by atoms with E-state index in [2.05, 4.69) is 9.71 Å². The van der Waals surface area contributed by atoms with E-state index in [-0.39, 0.29) is 15.9 Å². The lowest BCUT2D eigenvalue weighted by molar-refractivity contribution is 0.600. The molecule has 2 aromatic rings. The summed E-state index contributed by atoms with van der Waals surface area (Å²) in [7, 11) is -3.63. The molecule has 0 atom stereocenters. The summed E-state index contributed by atoms with van der Waals surface area (Å²) in [4.78, 5) is 4.12. The number of halogens is 1. The van der Waals surface area contributed by atoms with Crippen molar-refractivity contribution in [3.8, 4) is 0 Å². The first-order chi connectivity index (χ1) is 8.49. The topological polar surface area (TPSA) is 59.1 Å². The Balaban J connectivity index is 2.37. The summed E-state index contributed by atoms with van der Waals surface area (Å²) in [6, 6.07) is 11.5. The van der Waals surface area contributed by atoms with Gasteiger partial charge in [0.1, 0.15) is 11.0 Å². The van der Waals surface area contributed by atoms with Gasteiger partial charge >= 0.3 is 0 Å². The molecule has 1 N–H and O–H groups in total. The largest absolute Gasteiger partial charge is 0.263 e. The SMILES string of the molecule is Cc1ccccc1S(=O)(=O)Nc1cccc(Cl)n1. The third kappa shape index (κ3) is 2.80. The first-order valence-corrected chi connectivity index (χ1v) is 7.06. The van der Waals surface area contributed by atoms with Gasteiger partial charge in [-0.2, -0.15) is 0 Å². The quantitative estimate of drug-likeness (QED) is 0.881. The molecule has 0 amide bonds. The van der Waals surface area contributed by atoms with E-state index >= 15 is 0 Å². The van der Waals surface area contributed by atoms with E-state index in [0.717, 1.165) is 0 Å². The average Bonchev–Trinajstić information content (AvgIpc) is 2.28. The molecule has 0 aliphatic heterocycles. The zero-order valence-corrected chi connectivity index (χ0v) is 11.2. The highest BCUT2D eigenvalue weighted by molar-refractivity contribution is 7.92. The van der Waals surface area contributed by atoms with Crippen LogP contribution in [0.25, 0.3) is 0 Å². The Morgan fingerprint density at radius 1 is 1.11 bits per heavy atom. The van der Waals surface area contributed by atoms with Crippen LogP contribution in [0.5, 0.6) is 0 Å². The Morgan fingerprint density at radius 2 is 1.83 bits per heavy atom. The van der Waals surface area contributed by atoms with Gasteiger partial charge in [-0.1, -0.05) is 35.9 Å². The van der Waals surface area contributed by atoms with E-state index in [0.29, 0.717) is 5.56 Å². The number of rotatable bonds is 3. The zero-order chi connectivity index (χ0) is 13.2. The normalized spacial score (nSPS) is 11.2. The Bertz CT molecular complexity index is 671. The Kier molecular flexibility index (Phi) is 3.54. The number of benzene rings is 1. The van der Waals surface area contributed by atoms with Crippen molar-refractivity contribution in [2.75, 3.05) is 4.72 Å². The van der Waals surface area contributed by atoms with Gasteiger partial charge in [-0.25, -0.2) is 13.4 Å². The Morgan fingerprint density at radius 3 is 2.50 bits per heavy atom. The van der Waals surface area contributed by atoms with Crippen molar-refractivity contribution >= 4 is 27.4 Å². The van der Waals surface area contributed by atoms with Crippen molar-refractivity contribution in [1.29, 1.82) is 0 Å². The highest BCUT2D eigenvalue weighted by atomic mass is 35.5. The van der Waals surface area contributed by atoms with Crippen molar-refractivity contribution in [3.63, 3.8) is 0 Å². The third-order valence-electron chi connectivity index (χ3n) is 2.34. The van der Waals surface area contributed by atoms with Crippen LogP contribution in [-0.4, -0.2) is 13.4 Å². The molecular weight excluding hydrogens is 272 g/mol. The number of sulfonamides is 1. The highest BCUT2D eigenvalue weighted by Gasteiger charge is 2.16. The van der Waals surface area contributed by atoms with Gasteiger partial charge in [0.25, 0.3) is 10.0 Å². The molecule has 6 heteroatoms. The summed E-state index contributed by atoms with van der Waals surface area (Å²) in [6.07, 6.45) is 0. The molecule has 0 fully saturated rings. The van der Waals surface area contributed by atoms with Crippen molar-refractivity contribution < 1.29 is 8.42 Å². The summed E-state index contributed by atoms with van der Waals surface area (Å²) < 4.78 is 26.7. The van der Waals surface area contributed by atoms with Gasteiger partial charge in [0.15, 0.2) is 0 Å². The van der Waals surface area contributed by atoms with Crippen molar-refractivity contribution in [2.45, 2.75) is 11.8 Å². The maximum Gasteiger partial charge on any atom is 0.263 e. The maximum atomic E-state index is 12.1. The van der Waals surface area contributed by atoms with Gasteiger partial charge in [-0.3, -0.25) is 4.72 Å². The fourth-order valence-electron chi connectivity index (χ4n) is 1.52. The molecule has 1 aromatic heterocycles. The number of nitrogens with zero attached hydrogens (tertiary/aromatic N) is 1. The fourth-order valence-corrected chi connectivity index (χ4v) is 2.93. The van der Waals surface area contributed by atoms with Gasteiger partial charge < -0.3 is 0 Å². The molecule has 0 saturated heterocycles. The third-order valence-corrected chi connectivity index (χ3v) is 4.06. The molecule has 2 rings (SSSR count). The van der Waals surface area contributed by atoms with Crippen LogP contribution < -0.4 is 4.72 Å². The monoisotopic (exact) mass is 282 g/mol. The lowest BCUT2D eigenvalue weighted by Gasteiger charge is -2.09. The van der Waals surface area contributed by atoms with Crippen LogP contribution in [-0.2, 0) is 10.0 Å². The summed E-state index contributed by atoms with van der Waals surface area (Å²) in [5, 5.41) is 0.236. The van der Waals surface area contributed by atoms with Gasteiger partial charge in [-0.15, -0.1) is 0 Å². The molecule has 0 radical (unpaired) electrons. The number of aryl methyl sites for hydroxylation is 1. The van der Waals surface area contributed by atoms with Crippen molar-refractivity contribution in [2.24, 2.45) is 0 Å². The summed E-state index contributed by atoms with van der Waals surface area (Å²) >= 11 is 5.71. The van der Waals surface area contributed by atoms with Gasteiger partial charge in [-0.05, 0) is 30.7 Å². The maximum absolute atomic E-state index is 12.1. The van der Waals surface area contributed by atoms with Crippen LogP contribution in [0.1, 0.15) is 5.56 Å². The molecule has 0 aliphatic carbocycles. The van der Waals surface area contributed by atoms with Gasteiger partial charge in [0.2, 0.25) is 0 Å². The molecule has 0 aliphatic rings. The molecule has 0 unspecified atom stereocenters. The predicted octanol–water partition coefficient (Wildman–Crippen LogP) is 2.84. The predicted molar refractivity (Wildman–Crippen MR) is 71.2 cm³/mol. The second-order valence-corrected chi connectivity index (χ2v) is 5.75. The molecule has 18 heavy (non-hydrogen) atoms.